The van der Waals surface area contributed by atoms with Gasteiger partial charge < -0.3 is 14.4 Å². The van der Waals surface area contributed by atoms with Gasteiger partial charge in [-0.3, -0.25) is 4.79 Å². The molecule has 0 saturated heterocycles. The Balaban J connectivity index is 1.78. The standard InChI is InChI=1S/C22H18F3NO3/c1-26-17-6-4-3-5-13(17)19(14-8-7-12(28-2)11-18(14)26)22(27)29-21-16(24)10-9-15(23)20(21)25/h3-11,13,17,19H,1-2H3. The molecular weight excluding hydrogens is 383 g/mol. The molecule has 4 nitrogen and oxygen atoms in total. The average Bonchev–Trinajstić information content (AvgIpc) is 2.74. The lowest BCUT2D eigenvalue weighted by atomic mass is 9.74. The number of likely N-dealkylation sites (N-methyl/N-ethyl adjacent to an activating group) is 1. The van der Waals surface area contributed by atoms with Gasteiger partial charge in [-0.2, -0.15) is 4.39 Å². The Morgan fingerprint density at radius 2 is 1.76 bits per heavy atom. The smallest absolute Gasteiger partial charge is 0.319 e. The maximum atomic E-state index is 14.0. The molecule has 0 fully saturated rings. The number of hydrogen-bond donors (Lipinski definition) is 0. The first-order valence-electron chi connectivity index (χ1n) is 9.03. The fraction of sp³-hybridized carbons (Fsp3) is 0.227. The van der Waals surface area contributed by atoms with Gasteiger partial charge in [-0.25, -0.2) is 8.78 Å². The lowest BCUT2D eigenvalue weighted by Gasteiger charge is -2.43. The topological polar surface area (TPSA) is 38.8 Å². The maximum absolute atomic E-state index is 14.0. The van der Waals surface area contributed by atoms with Gasteiger partial charge in [0.1, 0.15) is 5.75 Å². The summed E-state index contributed by atoms with van der Waals surface area (Å²) in [6.07, 6.45) is 7.49. The molecule has 0 aromatic heterocycles. The molecule has 4 rings (SSSR count). The van der Waals surface area contributed by atoms with Crippen molar-refractivity contribution in [1.82, 2.24) is 0 Å². The highest BCUT2D eigenvalue weighted by Gasteiger charge is 2.43. The minimum Gasteiger partial charge on any atom is -0.497 e. The molecule has 2 aromatic rings. The highest BCUT2D eigenvalue weighted by Crippen LogP contribution is 2.45. The van der Waals surface area contributed by atoms with E-state index in [1.165, 1.54) is 7.11 Å². The van der Waals surface area contributed by atoms with E-state index in [1.807, 2.05) is 36.3 Å². The summed E-state index contributed by atoms with van der Waals surface area (Å²) in [4.78, 5) is 15.1. The predicted molar refractivity (Wildman–Crippen MR) is 102 cm³/mol. The molecule has 2 aliphatic rings. The molecule has 2 aromatic carbocycles. The Hall–Kier alpha value is -3.22. The summed E-state index contributed by atoms with van der Waals surface area (Å²) in [5.41, 5.74) is 1.38. The van der Waals surface area contributed by atoms with E-state index in [0.717, 1.165) is 11.8 Å². The average molecular weight is 401 g/mol. The van der Waals surface area contributed by atoms with Crippen LogP contribution in [0.5, 0.6) is 11.5 Å². The number of fused-ring (bicyclic) bond motifs is 2. The van der Waals surface area contributed by atoms with Crippen molar-refractivity contribution >= 4 is 11.7 Å². The van der Waals surface area contributed by atoms with E-state index in [-0.39, 0.29) is 12.0 Å². The van der Waals surface area contributed by atoms with Crippen molar-refractivity contribution in [3.05, 3.63) is 77.7 Å². The number of ether oxygens (including phenoxy) is 2. The number of carbonyl (C=O) groups excluding carboxylic acids is 1. The normalized spacial score (nSPS) is 22.1. The van der Waals surface area contributed by atoms with Crippen LogP contribution < -0.4 is 14.4 Å². The van der Waals surface area contributed by atoms with E-state index in [9.17, 15) is 18.0 Å². The largest absolute Gasteiger partial charge is 0.497 e. The second-order valence-electron chi connectivity index (χ2n) is 6.94. The molecule has 0 N–H and O–H groups in total. The fourth-order valence-electron chi connectivity index (χ4n) is 3.95. The number of allylic oxidation sites excluding steroid dienone is 2. The predicted octanol–water partition coefficient (Wildman–Crippen LogP) is 4.36. The van der Waals surface area contributed by atoms with Crippen LogP contribution in [0.3, 0.4) is 0 Å². The van der Waals surface area contributed by atoms with Crippen molar-refractivity contribution in [2.45, 2.75) is 12.0 Å². The van der Waals surface area contributed by atoms with Crippen LogP contribution in [0.15, 0.2) is 54.6 Å². The fourth-order valence-corrected chi connectivity index (χ4v) is 3.95. The van der Waals surface area contributed by atoms with E-state index in [2.05, 4.69) is 0 Å². The Kier molecular flexibility index (Phi) is 4.82. The van der Waals surface area contributed by atoms with Gasteiger partial charge in [-0.05, 0) is 23.8 Å². The monoisotopic (exact) mass is 401 g/mol. The molecule has 1 aliphatic heterocycles. The quantitative estimate of drug-likeness (QED) is 0.435. The molecule has 0 spiro atoms. The van der Waals surface area contributed by atoms with Gasteiger partial charge in [-0.15, -0.1) is 0 Å². The zero-order valence-electron chi connectivity index (χ0n) is 15.7. The summed E-state index contributed by atoms with van der Waals surface area (Å²) >= 11 is 0. The van der Waals surface area contributed by atoms with Crippen molar-refractivity contribution in [1.29, 1.82) is 0 Å². The number of anilines is 1. The van der Waals surface area contributed by atoms with Gasteiger partial charge in [-0.1, -0.05) is 30.4 Å². The third-order valence-electron chi connectivity index (χ3n) is 5.39. The minimum atomic E-state index is -1.53. The summed E-state index contributed by atoms with van der Waals surface area (Å²) in [6, 6.07) is 6.43. The summed E-state index contributed by atoms with van der Waals surface area (Å²) < 4.78 is 51.9. The van der Waals surface area contributed by atoms with Crippen LogP contribution >= 0.6 is 0 Å². The zero-order chi connectivity index (χ0) is 20.7. The lowest BCUT2D eigenvalue weighted by Crippen LogP contribution is -2.46. The number of esters is 1. The van der Waals surface area contributed by atoms with Crippen molar-refractivity contribution in [3.8, 4) is 11.5 Å². The Bertz CT molecular complexity index is 1030. The van der Waals surface area contributed by atoms with E-state index < -0.39 is 35.1 Å². The number of methoxy groups -OCH3 is 1. The third kappa shape index (κ3) is 3.16. The molecular formula is C22H18F3NO3. The number of carbonyl (C=O) groups is 1. The van der Waals surface area contributed by atoms with Crippen LogP contribution in [0, 0.1) is 23.4 Å². The number of nitrogens with zero attached hydrogens (tertiary/aromatic N) is 1. The van der Waals surface area contributed by atoms with Gasteiger partial charge >= 0.3 is 5.97 Å². The van der Waals surface area contributed by atoms with Crippen LogP contribution in [-0.4, -0.2) is 26.2 Å². The number of halogens is 3. The van der Waals surface area contributed by atoms with Crippen molar-refractivity contribution < 1.29 is 27.4 Å². The van der Waals surface area contributed by atoms with Crippen molar-refractivity contribution in [3.63, 3.8) is 0 Å². The van der Waals surface area contributed by atoms with E-state index in [1.54, 1.807) is 18.2 Å². The lowest BCUT2D eigenvalue weighted by molar-refractivity contribution is -0.137. The van der Waals surface area contributed by atoms with E-state index >= 15 is 0 Å². The molecule has 0 radical (unpaired) electrons. The molecule has 29 heavy (non-hydrogen) atoms. The summed E-state index contributed by atoms with van der Waals surface area (Å²) in [5, 5.41) is 0. The molecule has 0 saturated carbocycles. The van der Waals surface area contributed by atoms with Crippen LogP contribution in [0.1, 0.15) is 11.5 Å². The molecule has 3 unspecified atom stereocenters. The van der Waals surface area contributed by atoms with Gasteiger partial charge in [0.15, 0.2) is 11.6 Å². The SMILES string of the molecule is COc1ccc2c(c1)N(C)C1C=CC=CC1C2C(=O)Oc1c(F)ccc(F)c1F. The van der Waals surface area contributed by atoms with Crippen LogP contribution in [0.25, 0.3) is 0 Å². The van der Waals surface area contributed by atoms with Gasteiger partial charge in [0.2, 0.25) is 11.6 Å². The Morgan fingerprint density at radius 1 is 1.03 bits per heavy atom. The van der Waals surface area contributed by atoms with Crippen molar-refractivity contribution in [2.24, 2.45) is 5.92 Å². The summed E-state index contributed by atoms with van der Waals surface area (Å²) in [6.45, 7) is 0. The second kappa shape index (κ2) is 7.31. The number of hydrogen-bond acceptors (Lipinski definition) is 4. The first-order chi connectivity index (χ1) is 13.9. The third-order valence-corrected chi connectivity index (χ3v) is 5.39. The summed E-state index contributed by atoms with van der Waals surface area (Å²) in [7, 11) is 3.44. The van der Waals surface area contributed by atoms with E-state index in [4.69, 9.17) is 9.47 Å². The molecule has 0 amide bonds. The molecule has 150 valence electrons. The number of benzene rings is 2. The highest BCUT2D eigenvalue weighted by atomic mass is 19.2. The van der Waals surface area contributed by atoms with Gasteiger partial charge in [0.05, 0.1) is 19.1 Å². The first-order valence-corrected chi connectivity index (χ1v) is 9.03. The number of rotatable bonds is 3. The minimum absolute atomic E-state index is 0.167. The molecule has 7 heteroatoms. The zero-order valence-corrected chi connectivity index (χ0v) is 15.7. The Morgan fingerprint density at radius 3 is 2.52 bits per heavy atom. The van der Waals surface area contributed by atoms with Gasteiger partial charge in [0, 0.05) is 24.7 Å². The van der Waals surface area contributed by atoms with Crippen LogP contribution in [0.2, 0.25) is 0 Å². The first kappa shape index (κ1) is 19.1. The highest BCUT2D eigenvalue weighted by molar-refractivity contribution is 5.85. The van der Waals surface area contributed by atoms with Gasteiger partial charge in [0.25, 0.3) is 0 Å². The molecule has 1 aliphatic carbocycles. The molecule has 3 atom stereocenters. The van der Waals surface area contributed by atoms with E-state index in [0.29, 0.717) is 17.4 Å². The Labute approximate surface area is 165 Å². The van der Waals surface area contributed by atoms with Crippen LogP contribution in [0.4, 0.5) is 18.9 Å². The maximum Gasteiger partial charge on any atom is 0.319 e. The second-order valence-corrected chi connectivity index (χ2v) is 6.94. The molecule has 0 bridgehead atoms. The van der Waals surface area contributed by atoms with Crippen molar-refractivity contribution in [2.75, 3.05) is 19.1 Å². The molecule has 1 heterocycles. The summed E-state index contributed by atoms with van der Waals surface area (Å²) in [5.74, 6) is -6.40. The van der Waals surface area contributed by atoms with Crippen LogP contribution in [-0.2, 0) is 4.79 Å².